The third-order valence-corrected chi connectivity index (χ3v) is 2.82. The summed E-state index contributed by atoms with van der Waals surface area (Å²) in [6.07, 6.45) is 0. The molecule has 2 aromatic carbocycles. The minimum Gasteiger partial charge on any atom is -0.497 e. The van der Waals surface area contributed by atoms with Gasteiger partial charge in [0.25, 0.3) is 0 Å². The molecule has 2 aromatic rings. The fraction of sp³-hybridized carbons (Fsp3) is 0.200. The van der Waals surface area contributed by atoms with Crippen molar-refractivity contribution in [2.75, 3.05) is 19.5 Å². The number of hydrogen-bond acceptors (Lipinski definition) is 3. The van der Waals surface area contributed by atoms with E-state index in [0.29, 0.717) is 18.0 Å². The topological polar surface area (TPSA) is 30.5 Å². The SMILES string of the molecule is COc1ccc(CNc2cc(OC)ccc2F)cc1. The van der Waals surface area contributed by atoms with E-state index in [-0.39, 0.29) is 5.82 Å². The summed E-state index contributed by atoms with van der Waals surface area (Å²) in [6, 6.07) is 12.2. The predicted octanol–water partition coefficient (Wildman–Crippen LogP) is 3.46. The Morgan fingerprint density at radius 2 is 1.58 bits per heavy atom. The molecule has 4 heteroatoms. The number of hydrogen-bond donors (Lipinski definition) is 1. The third-order valence-electron chi connectivity index (χ3n) is 2.82. The normalized spacial score (nSPS) is 10.1. The first kappa shape index (κ1) is 13.2. The second kappa shape index (κ2) is 6.09. The lowest BCUT2D eigenvalue weighted by Crippen LogP contribution is -2.01. The van der Waals surface area contributed by atoms with Crippen molar-refractivity contribution in [3.8, 4) is 11.5 Å². The molecule has 0 unspecified atom stereocenters. The summed E-state index contributed by atoms with van der Waals surface area (Å²) in [5, 5.41) is 3.05. The van der Waals surface area contributed by atoms with Gasteiger partial charge in [-0.05, 0) is 29.8 Å². The second-order valence-electron chi connectivity index (χ2n) is 4.05. The zero-order chi connectivity index (χ0) is 13.7. The van der Waals surface area contributed by atoms with E-state index in [9.17, 15) is 4.39 Å². The van der Waals surface area contributed by atoms with E-state index in [1.807, 2.05) is 24.3 Å². The van der Waals surface area contributed by atoms with Gasteiger partial charge in [0.15, 0.2) is 0 Å². The number of methoxy groups -OCH3 is 2. The van der Waals surface area contributed by atoms with Crippen molar-refractivity contribution in [1.82, 2.24) is 0 Å². The molecule has 0 aliphatic rings. The van der Waals surface area contributed by atoms with Crippen LogP contribution in [0, 0.1) is 5.82 Å². The van der Waals surface area contributed by atoms with Gasteiger partial charge in [0.2, 0.25) is 0 Å². The van der Waals surface area contributed by atoms with Gasteiger partial charge in [-0.2, -0.15) is 0 Å². The van der Waals surface area contributed by atoms with Crippen LogP contribution >= 0.6 is 0 Å². The van der Waals surface area contributed by atoms with Crippen molar-refractivity contribution >= 4 is 5.69 Å². The van der Waals surface area contributed by atoms with Gasteiger partial charge in [-0.1, -0.05) is 12.1 Å². The molecular formula is C15H16FNO2. The highest BCUT2D eigenvalue weighted by Gasteiger charge is 2.03. The molecule has 0 bridgehead atoms. The fourth-order valence-corrected chi connectivity index (χ4v) is 1.71. The molecule has 0 aliphatic carbocycles. The Bertz CT molecular complexity index is 540. The van der Waals surface area contributed by atoms with Gasteiger partial charge in [-0.3, -0.25) is 0 Å². The lowest BCUT2D eigenvalue weighted by Gasteiger charge is -2.10. The average molecular weight is 261 g/mol. The number of halogens is 1. The monoisotopic (exact) mass is 261 g/mol. The van der Waals surface area contributed by atoms with Crippen LogP contribution in [0.3, 0.4) is 0 Å². The van der Waals surface area contributed by atoms with Crippen molar-refractivity contribution < 1.29 is 13.9 Å². The molecule has 2 rings (SSSR count). The summed E-state index contributed by atoms with van der Waals surface area (Å²) >= 11 is 0. The molecule has 0 saturated carbocycles. The summed E-state index contributed by atoms with van der Waals surface area (Å²) in [7, 11) is 3.18. The van der Waals surface area contributed by atoms with Crippen LogP contribution in [0.15, 0.2) is 42.5 Å². The van der Waals surface area contributed by atoms with E-state index in [4.69, 9.17) is 9.47 Å². The van der Waals surface area contributed by atoms with Crippen LogP contribution in [0.5, 0.6) is 11.5 Å². The molecule has 0 atom stereocenters. The number of anilines is 1. The number of benzene rings is 2. The fourth-order valence-electron chi connectivity index (χ4n) is 1.71. The molecule has 0 fully saturated rings. The minimum absolute atomic E-state index is 0.297. The molecule has 0 heterocycles. The summed E-state index contributed by atoms with van der Waals surface area (Å²) < 4.78 is 23.7. The summed E-state index contributed by atoms with van der Waals surface area (Å²) in [6.45, 7) is 0.536. The standard InChI is InChI=1S/C15H16FNO2/c1-18-12-5-3-11(4-6-12)10-17-15-9-13(19-2)7-8-14(15)16/h3-9,17H,10H2,1-2H3. The molecule has 100 valence electrons. The van der Waals surface area contributed by atoms with Gasteiger partial charge in [-0.25, -0.2) is 4.39 Å². The Kier molecular flexibility index (Phi) is 4.23. The van der Waals surface area contributed by atoms with Crippen LogP contribution in [0.2, 0.25) is 0 Å². The molecule has 1 N–H and O–H groups in total. The van der Waals surface area contributed by atoms with Crippen LogP contribution in [0.1, 0.15) is 5.56 Å². The maximum atomic E-state index is 13.6. The van der Waals surface area contributed by atoms with Crippen LogP contribution in [0.25, 0.3) is 0 Å². The predicted molar refractivity (Wildman–Crippen MR) is 73.3 cm³/mol. The highest BCUT2D eigenvalue weighted by molar-refractivity contribution is 5.50. The van der Waals surface area contributed by atoms with E-state index in [1.165, 1.54) is 6.07 Å². The quantitative estimate of drug-likeness (QED) is 0.894. The van der Waals surface area contributed by atoms with Gasteiger partial charge in [0.05, 0.1) is 19.9 Å². The minimum atomic E-state index is -0.297. The summed E-state index contributed by atoms with van der Waals surface area (Å²) in [4.78, 5) is 0. The lowest BCUT2D eigenvalue weighted by atomic mass is 10.2. The van der Waals surface area contributed by atoms with Crippen LogP contribution in [-0.2, 0) is 6.54 Å². The largest absolute Gasteiger partial charge is 0.497 e. The Hall–Kier alpha value is -2.23. The highest BCUT2D eigenvalue weighted by Crippen LogP contribution is 2.22. The number of nitrogens with one attached hydrogen (secondary N) is 1. The van der Waals surface area contributed by atoms with Gasteiger partial charge in [-0.15, -0.1) is 0 Å². The molecule has 0 radical (unpaired) electrons. The Balaban J connectivity index is 2.05. The molecule has 0 saturated heterocycles. The molecule has 3 nitrogen and oxygen atoms in total. The second-order valence-corrected chi connectivity index (χ2v) is 4.05. The maximum absolute atomic E-state index is 13.6. The van der Waals surface area contributed by atoms with E-state index in [1.54, 1.807) is 26.4 Å². The van der Waals surface area contributed by atoms with Crippen molar-refractivity contribution in [3.05, 3.63) is 53.8 Å². The molecular weight excluding hydrogens is 245 g/mol. The molecule has 0 spiro atoms. The van der Waals surface area contributed by atoms with E-state index < -0.39 is 0 Å². The van der Waals surface area contributed by atoms with E-state index in [2.05, 4.69) is 5.32 Å². The molecule has 19 heavy (non-hydrogen) atoms. The lowest BCUT2D eigenvalue weighted by molar-refractivity contribution is 0.414. The zero-order valence-corrected chi connectivity index (χ0v) is 10.9. The Morgan fingerprint density at radius 3 is 2.21 bits per heavy atom. The molecule has 0 amide bonds. The first-order chi connectivity index (χ1) is 9.22. The summed E-state index contributed by atoms with van der Waals surface area (Å²) in [5.74, 6) is 1.13. The molecule has 0 aromatic heterocycles. The zero-order valence-electron chi connectivity index (χ0n) is 10.9. The average Bonchev–Trinajstić information content (AvgIpc) is 2.47. The highest BCUT2D eigenvalue weighted by atomic mass is 19.1. The van der Waals surface area contributed by atoms with Crippen molar-refractivity contribution in [1.29, 1.82) is 0 Å². The summed E-state index contributed by atoms with van der Waals surface area (Å²) in [5.41, 5.74) is 1.47. The Morgan fingerprint density at radius 1 is 0.947 bits per heavy atom. The van der Waals surface area contributed by atoms with Crippen LogP contribution < -0.4 is 14.8 Å². The smallest absolute Gasteiger partial charge is 0.146 e. The Labute approximate surface area is 112 Å². The van der Waals surface area contributed by atoms with Crippen LogP contribution in [-0.4, -0.2) is 14.2 Å². The van der Waals surface area contributed by atoms with Gasteiger partial charge in [0.1, 0.15) is 17.3 Å². The third kappa shape index (κ3) is 3.37. The maximum Gasteiger partial charge on any atom is 0.146 e. The van der Waals surface area contributed by atoms with E-state index >= 15 is 0 Å². The van der Waals surface area contributed by atoms with Gasteiger partial charge < -0.3 is 14.8 Å². The number of rotatable bonds is 5. The first-order valence-electron chi connectivity index (χ1n) is 5.93. The molecule has 0 aliphatic heterocycles. The van der Waals surface area contributed by atoms with Gasteiger partial charge in [0, 0.05) is 12.6 Å². The van der Waals surface area contributed by atoms with Crippen molar-refractivity contribution in [2.45, 2.75) is 6.54 Å². The van der Waals surface area contributed by atoms with Gasteiger partial charge >= 0.3 is 0 Å². The number of ether oxygens (including phenoxy) is 2. The first-order valence-corrected chi connectivity index (χ1v) is 5.93. The van der Waals surface area contributed by atoms with Crippen molar-refractivity contribution in [2.24, 2.45) is 0 Å². The van der Waals surface area contributed by atoms with E-state index in [0.717, 1.165) is 11.3 Å². The van der Waals surface area contributed by atoms with Crippen molar-refractivity contribution in [3.63, 3.8) is 0 Å². The van der Waals surface area contributed by atoms with Crippen LogP contribution in [0.4, 0.5) is 10.1 Å².